The molecule has 0 bridgehead atoms. The van der Waals surface area contributed by atoms with Crippen molar-refractivity contribution in [2.24, 2.45) is 5.92 Å². The highest BCUT2D eigenvalue weighted by Crippen LogP contribution is 2.28. The second-order valence-corrected chi connectivity index (χ2v) is 4.89. The molecule has 1 aliphatic carbocycles. The van der Waals surface area contributed by atoms with Crippen LogP contribution in [0.4, 0.5) is 5.69 Å². The molecule has 96 valence electrons. The topological polar surface area (TPSA) is 38.3 Å². The highest BCUT2D eigenvalue weighted by molar-refractivity contribution is 5.93. The number of nitrogens with one attached hydrogen (secondary N) is 1. The smallest absolute Gasteiger partial charge is 0.227 e. The zero-order valence-corrected chi connectivity index (χ0v) is 10.7. The number of rotatable bonds is 5. The van der Waals surface area contributed by atoms with Gasteiger partial charge in [-0.05, 0) is 37.5 Å². The average Bonchev–Trinajstić information content (AvgIpc) is 2.24. The van der Waals surface area contributed by atoms with Crippen molar-refractivity contribution >= 4 is 11.6 Å². The van der Waals surface area contributed by atoms with Crippen LogP contribution >= 0.6 is 0 Å². The van der Waals surface area contributed by atoms with Crippen molar-refractivity contribution in [1.29, 1.82) is 0 Å². The highest BCUT2D eigenvalue weighted by Gasteiger charge is 2.25. The van der Waals surface area contributed by atoms with Gasteiger partial charge >= 0.3 is 0 Å². The van der Waals surface area contributed by atoms with Gasteiger partial charge in [-0.1, -0.05) is 19.1 Å². The monoisotopic (exact) mass is 245 g/mol. The predicted molar refractivity (Wildman–Crippen MR) is 72.7 cm³/mol. The Balaban J connectivity index is 1.93. The molecule has 0 heterocycles. The largest absolute Gasteiger partial charge is 0.489 e. The first-order valence-electron chi connectivity index (χ1n) is 6.33. The summed E-state index contributed by atoms with van der Waals surface area (Å²) < 4.78 is 5.54. The van der Waals surface area contributed by atoms with Crippen molar-refractivity contribution in [3.63, 3.8) is 0 Å². The van der Waals surface area contributed by atoms with Crippen molar-refractivity contribution in [2.75, 3.05) is 11.9 Å². The third kappa shape index (κ3) is 3.36. The third-order valence-electron chi connectivity index (χ3n) is 3.06. The fourth-order valence-electron chi connectivity index (χ4n) is 1.78. The van der Waals surface area contributed by atoms with Crippen LogP contribution in [-0.4, -0.2) is 12.5 Å². The lowest BCUT2D eigenvalue weighted by atomic mass is 9.85. The van der Waals surface area contributed by atoms with Crippen LogP contribution in [-0.2, 0) is 4.79 Å². The van der Waals surface area contributed by atoms with E-state index in [1.54, 1.807) is 0 Å². The molecule has 3 heteroatoms. The molecule has 1 N–H and O–H groups in total. The summed E-state index contributed by atoms with van der Waals surface area (Å²) in [5.41, 5.74) is 1.77. The van der Waals surface area contributed by atoms with Crippen LogP contribution in [0.15, 0.2) is 36.4 Å². The van der Waals surface area contributed by atoms with Gasteiger partial charge in [-0.3, -0.25) is 4.79 Å². The maximum Gasteiger partial charge on any atom is 0.227 e. The first-order chi connectivity index (χ1) is 8.65. The SMILES string of the molecule is C=C(C)COc1cccc(NC(=O)C2CCC2)c1. The lowest BCUT2D eigenvalue weighted by Gasteiger charge is -2.24. The van der Waals surface area contributed by atoms with Crippen LogP contribution < -0.4 is 10.1 Å². The summed E-state index contributed by atoms with van der Waals surface area (Å²) in [5, 5.41) is 2.93. The second-order valence-electron chi connectivity index (χ2n) is 4.89. The second kappa shape index (κ2) is 5.71. The van der Waals surface area contributed by atoms with Crippen molar-refractivity contribution in [1.82, 2.24) is 0 Å². The van der Waals surface area contributed by atoms with Crippen molar-refractivity contribution in [3.05, 3.63) is 36.4 Å². The third-order valence-corrected chi connectivity index (χ3v) is 3.06. The quantitative estimate of drug-likeness (QED) is 0.808. The summed E-state index contributed by atoms with van der Waals surface area (Å²) in [6, 6.07) is 7.48. The minimum atomic E-state index is 0.123. The Bertz CT molecular complexity index is 450. The molecule has 1 saturated carbocycles. The molecule has 18 heavy (non-hydrogen) atoms. The maximum atomic E-state index is 11.8. The number of ether oxygens (including phenoxy) is 1. The van der Waals surface area contributed by atoms with E-state index < -0.39 is 0 Å². The van der Waals surface area contributed by atoms with Crippen molar-refractivity contribution < 1.29 is 9.53 Å². The van der Waals surface area contributed by atoms with Crippen molar-refractivity contribution in [2.45, 2.75) is 26.2 Å². The predicted octanol–water partition coefficient (Wildman–Crippen LogP) is 3.38. The van der Waals surface area contributed by atoms with Gasteiger partial charge in [0.15, 0.2) is 0 Å². The fraction of sp³-hybridized carbons (Fsp3) is 0.400. The summed E-state index contributed by atoms with van der Waals surface area (Å²) in [6.45, 7) is 6.21. The lowest BCUT2D eigenvalue weighted by molar-refractivity contribution is -0.122. The number of hydrogen-bond donors (Lipinski definition) is 1. The summed E-state index contributed by atoms with van der Waals surface area (Å²) in [7, 11) is 0. The Morgan fingerprint density at radius 3 is 2.89 bits per heavy atom. The molecule has 0 unspecified atom stereocenters. The van der Waals surface area contributed by atoms with Crippen molar-refractivity contribution in [3.8, 4) is 5.75 Å². The van der Waals surface area contributed by atoms with E-state index in [1.807, 2.05) is 31.2 Å². The normalized spacial score (nSPS) is 14.7. The Hall–Kier alpha value is -1.77. The van der Waals surface area contributed by atoms with Gasteiger partial charge in [0.25, 0.3) is 0 Å². The molecule has 0 spiro atoms. The Kier molecular flexibility index (Phi) is 4.03. The van der Waals surface area contributed by atoms with E-state index in [9.17, 15) is 4.79 Å². The van der Waals surface area contributed by atoms with Crippen LogP contribution in [0.2, 0.25) is 0 Å². The molecule has 1 aromatic rings. The Morgan fingerprint density at radius 1 is 1.50 bits per heavy atom. The molecule has 3 nitrogen and oxygen atoms in total. The lowest BCUT2D eigenvalue weighted by Crippen LogP contribution is -2.27. The number of hydrogen-bond acceptors (Lipinski definition) is 2. The molecule has 0 aromatic heterocycles. The molecule has 2 rings (SSSR count). The van der Waals surface area contributed by atoms with Gasteiger partial charge < -0.3 is 10.1 Å². The van der Waals surface area contributed by atoms with E-state index in [0.29, 0.717) is 6.61 Å². The molecular formula is C15H19NO2. The average molecular weight is 245 g/mol. The highest BCUT2D eigenvalue weighted by atomic mass is 16.5. The van der Waals surface area contributed by atoms with Gasteiger partial charge in [0.1, 0.15) is 12.4 Å². The van der Waals surface area contributed by atoms with E-state index in [4.69, 9.17) is 4.74 Å². The molecule has 0 atom stereocenters. The minimum absolute atomic E-state index is 0.123. The molecule has 1 amide bonds. The van der Waals surface area contributed by atoms with Crippen LogP contribution in [0.1, 0.15) is 26.2 Å². The first-order valence-corrected chi connectivity index (χ1v) is 6.33. The Morgan fingerprint density at radius 2 is 2.28 bits per heavy atom. The molecule has 0 saturated heterocycles. The Labute approximate surface area is 108 Å². The molecular weight excluding hydrogens is 226 g/mol. The van der Waals surface area contributed by atoms with E-state index in [0.717, 1.165) is 29.9 Å². The molecule has 1 fully saturated rings. The molecule has 0 radical (unpaired) electrons. The minimum Gasteiger partial charge on any atom is -0.489 e. The molecule has 1 aliphatic rings. The fourth-order valence-corrected chi connectivity index (χ4v) is 1.78. The van der Waals surface area contributed by atoms with Gasteiger partial charge in [0, 0.05) is 17.7 Å². The van der Waals surface area contributed by atoms with E-state index in [-0.39, 0.29) is 11.8 Å². The van der Waals surface area contributed by atoms with E-state index >= 15 is 0 Å². The standard InChI is InChI=1S/C15H19NO2/c1-11(2)10-18-14-8-4-7-13(9-14)16-15(17)12-5-3-6-12/h4,7-9,12H,1,3,5-6,10H2,2H3,(H,16,17). The van der Waals surface area contributed by atoms with Gasteiger partial charge in [-0.15, -0.1) is 0 Å². The van der Waals surface area contributed by atoms with Gasteiger partial charge in [0.05, 0.1) is 0 Å². The summed E-state index contributed by atoms with van der Waals surface area (Å²) >= 11 is 0. The first kappa shape index (κ1) is 12.7. The maximum absolute atomic E-state index is 11.8. The summed E-state index contributed by atoms with van der Waals surface area (Å²) in [6.07, 6.45) is 3.19. The van der Waals surface area contributed by atoms with Gasteiger partial charge in [-0.25, -0.2) is 0 Å². The van der Waals surface area contributed by atoms with Crippen LogP contribution in [0.5, 0.6) is 5.75 Å². The molecule has 0 aliphatic heterocycles. The summed E-state index contributed by atoms with van der Waals surface area (Å²) in [5.74, 6) is 1.08. The van der Waals surface area contributed by atoms with Crippen LogP contribution in [0.3, 0.4) is 0 Å². The zero-order chi connectivity index (χ0) is 13.0. The number of anilines is 1. The summed E-state index contributed by atoms with van der Waals surface area (Å²) in [4.78, 5) is 11.8. The van der Waals surface area contributed by atoms with Crippen LogP contribution in [0.25, 0.3) is 0 Å². The number of carbonyl (C=O) groups excluding carboxylic acids is 1. The van der Waals surface area contributed by atoms with Crippen LogP contribution in [0, 0.1) is 5.92 Å². The van der Waals surface area contributed by atoms with E-state index in [2.05, 4.69) is 11.9 Å². The van der Waals surface area contributed by atoms with Gasteiger partial charge in [0.2, 0.25) is 5.91 Å². The number of benzene rings is 1. The van der Waals surface area contributed by atoms with Gasteiger partial charge in [-0.2, -0.15) is 0 Å². The number of carbonyl (C=O) groups is 1. The van der Waals surface area contributed by atoms with E-state index in [1.165, 1.54) is 6.42 Å². The zero-order valence-electron chi connectivity index (χ0n) is 10.7. The number of amides is 1. The molecule has 1 aromatic carbocycles.